The molecule has 0 aliphatic carbocycles. The van der Waals surface area contributed by atoms with Gasteiger partial charge in [-0.2, -0.15) is 4.31 Å². The van der Waals surface area contributed by atoms with Crippen molar-refractivity contribution in [3.8, 4) is 12.3 Å². The van der Waals surface area contributed by atoms with E-state index in [1.807, 2.05) is 0 Å². The van der Waals surface area contributed by atoms with Crippen LogP contribution in [0.3, 0.4) is 0 Å². The molecule has 0 aliphatic heterocycles. The second-order valence-corrected chi connectivity index (χ2v) is 5.86. The van der Waals surface area contributed by atoms with E-state index in [9.17, 15) is 12.8 Å². The first-order chi connectivity index (χ1) is 8.97. The van der Waals surface area contributed by atoms with Crippen LogP contribution in [0.15, 0.2) is 23.1 Å². The molecule has 0 saturated heterocycles. The molecule has 0 aliphatic rings. The molecule has 104 valence electrons. The summed E-state index contributed by atoms with van der Waals surface area (Å²) in [6.45, 7) is 2.23. The SMILES string of the molecule is C#CCN(CC)S(=O)(=O)c1ccc(F)c(CNC)c1. The van der Waals surface area contributed by atoms with Gasteiger partial charge in [0, 0.05) is 18.7 Å². The quantitative estimate of drug-likeness (QED) is 0.798. The van der Waals surface area contributed by atoms with Crippen LogP contribution in [0.2, 0.25) is 0 Å². The average molecular weight is 284 g/mol. The van der Waals surface area contributed by atoms with Gasteiger partial charge in [0.1, 0.15) is 5.82 Å². The van der Waals surface area contributed by atoms with E-state index in [4.69, 9.17) is 6.42 Å². The predicted octanol–water partition coefficient (Wildman–Crippen LogP) is 1.19. The molecule has 1 aromatic carbocycles. The second kappa shape index (κ2) is 6.66. The van der Waals surface area contributed by atoms with E-state index >= 15 is 0 Å². The third kappa shape index (κ3) is 3.53. The lowest BCUT2D eigenvalue weighted by molar-refractivity contribution is 0.463. The molecule has 19 heavy (non-hydrogen) atoms. The Balaban J connectivity index is 3.21. The molecule has 0 heterocycles. The Labute approximate surface area is 113 Å². The monoisotopic (exact) mass is 284 g/mol. The van der Waals surface area contributed by atoms with Gasteiger partial charge in [-0.15, -0.1) is 6.42 Å². The van der Waals surface area contributed by atoms with Crippen molar-refractivity contribution in [2.24, 2.45) is 0 Å². The molecule has 0 bridgehead atoms. The largest absolute Gasteiger partial charge is 0.316 e. The minimum absolute atomic E-state index is 0.00241. The van der Waals surface area contributed by atoms with E-state index in [0.717, 1.165) is 6.07 Å². The van der Waals surface area contributed by atoms with Crippen LogP contribution in [0.1, 0.15) is 12.5 Å². The van der Waals surface area contributed by atoms with Gasteiger partial charge < -0.3 is 5.32 Å². The fourth-order valence-corrected chi connectivity index (χ4v) is 3.07. The van der Waals surface area contributed by atoms with Gasteiger partial charge in [-0.05, 0) is 25.2 Å². The summed E-state index contributed by atoms with van der Waals surface area (Å²) in [6.07, 6.45) is 5.16. The van der Waals surface area contributed by atoms with Gasteiger partial charge in [0.25, 0.3) is 0 Å². The summed E-state index contributed by atoms with van der Waals surface area (Å²) in [5.74, 6) is 1.87. The van der Waals surface area contributed by atoms with Crippen LogP contribution in [0.25, 0.3) is 0 Å². The molecule has 0 spiro atoms. The van der Waals surface area contributed by atoms with Crippen molar-refractivity contribution < 1.29 is 12.8 Å². The minimum atomic E-state index is -3.67. The molecule has 0 radical (unpaired) electrons. The van der Waals surface area contributed by atoms with E-state index in [1.165, 1.54) is 16.4 Å². The Bertz CT molecular complexity index is 579. The zero-order chi connectivity index (χ0) is 14.5. The standard InChI is InChI=1S/C13H17FN2O2S/c1-4-8-16(5-2)19(17,18)12-6-7-13(14)11(9-12)10-15-3/h1,6-7,9,15H,5,8,10H2,2-3H3. The number of benzene rings is 1. The van der Waals surface area contributed by atoms with Gasteiger partial charge in [0.15, 0.2) is 0 Å². The number of hydrogen-bond acceptors (Lipinski definition) is 3. The van der Waals surface area contributed by atoms with Crippen LogP contribution in [0, 0.1) is 18.2 Å². The molecule has 4 nitrogen and oxygen atoms in total. The van der Waals surface area contributed by atoms with Crippen LogP contribution < -0.4 is 5.32 Å². The molecular formula is C13H17FN2O2S. The first-order valence-electron chi connectivity index (χ1n) is 5.84. The van der Waals surface area contributed by atoms with Crippen LogP contribution in [-0.4, -0.2) is 32.9 Å². The molecule has 0 fully saturated rings. The molecule has 0 atom stereocenters. The number of nitrogens with one attached hydrogen (secondary N) is 1. The van der Waals surface area contributed by atoms with Crippen molar-refractivity contribution in [3.05, 3.63) is 29.6 Å². The van der Waals surface area contributed by atoms with Gasteiger partial charge >= 0.3 is 0 Å². The topological polar surface area (TPSA) is 49.4 Å². The fraction of sp³-hybridized carbons (Fsp3) is 0.385. The van der Waals surface area contributed by atoms with E-state index < -0.39 is 15.8 Å². The number of terminal acetylenes is 1. The first-order valence-corrected chi connectivity index (χ1v) is 7.28. The molecule has 1 N–H and O–H groups in total. The van der Waals surface area contributed by atoms with Crippen LogP contribution >= 0.6 is 0 Å². The van der Waals surface area contributed by atoms with Crippen molar-refractivity contribution >= 4 is 10.0 Å². The summed E-state index contributed by atoms with van der Waals surface area (Å²) < 4.78 is 39.3. The van der Waals surface area contributed by atoms with E-state index in [0.29, 0.717) is 5.56 Å². The molecule has 0 saturated carbocycles. The summed E-state index contributed by atoms with van der Waals surface area (Å²) in [5.41, 5.74) is 0.306. The Morgan fingerprint density at radius 1 is 1.47 bits per heavy atom. The fourth-order valence-electron chi connectivity index (χ4n) is 1.66. The molecule has 1 aromatic rings. The van der Waals surface area contributed by atoms with Crippen LogP contribution in [0.5, 0.6) is 0 Å². The molecular weight excluding hydrogens is 267 g/mol. The van der Waals surface area contributed by atoms with E-state index in [1.54, 1.807) is 14.0 Å². The zero-order valence-corrected chi connectivity index (χ0v) is 11.8. The van der Waals surface area contributed by atoms with Gasteiger partial charge in [0.05, 0.1) is 11.4 Å². The summed E-state index contributed by atoms with van der Waals surface area (Å²) in [4.78, 5) is 0.0521. The lowest BCUT2D eigenvalue weighted by atomic mass is 10.2. The van der Waals surface area contributed by atoms with Crippen molar-refractivity contribution in [1.82, 2.24) is 9.62 Å². The lowest BCUT2D eigenvalue weighted by Gasteiger charge is -2.18. The second-order valence-electron chi connectivity index (χ2n) is 3.92. The van der Waals surface area contributed by atoms with Crippen molar-refractivity contribution in [2.75, 3.05) is 20.1 Å². The highest BCUT2D eigenvalue weighted by Gasteiger charge is 2.23. The summed E-state index contributed by atoms with van der Waals surface area (Å²) in [7, 11) is -2.01. The van der Waals surface area contributed by atoms with E-state index in [2.05, 4.69) is 11.2 Å². The summed E-state index contributed by atoms with van der Waals surface area (Å²) >= 11 is 0. The Morgan fingerprint density at radius 2 is 2.16 bits per heavy atom. The van der Waals surface area contributed by atoms with Crippen molar-refractivity contribution in [3.63, 3.8) is 0 Å². The van der Waals surface area contributed by atoms with Crippen LogP contribution in [-0.2, 0) is 16.6 Å². The van der Waals surface area contributed by atoms with Gasteiger partial charge in [0.2, 0.25) is 10.0 Å². The minimum Gasteiger partial charge on any atom is -0.316 e. The predicted molar refractivity (Wildman–Crippen MR) is 72.4 cm³/mol. The maximum absolute atomic E-state index is 13.5. The van der Waals surface area contributed by atoms with Crippen molar-refractivity contribution in [2.45, 2.75) is 18.4 Å². The zero-order valence-electron chi connectivity index (χ0n) is 11.0. The third-order valence-corrected chi connectivity index (χ3v) is 4.56. The number of halogens is 1. The molecule has 1 rings (SSSR count). The number of rotatable bonds is 6. The number of sulfonamides is 1. The smallest absolute Gasteiger partial charge is 0.243 e. The van der Waals surface area contributed by atoms with Gasteiger partial charge in [-0.25, -0.2) is 12.8 Å². The highest BCUT2D eigenvalue weighted by atomic mass is 32.2. The molecule has 0 unspecified atom stereocenters. The molecule has 0 aromatic heterocycles. The molecule has 0 amide bonds. The molecule has 6 heteroatoms. The Hall–Kier alpha value is -1.42. The summed E-state index contributed by atoms with van der Waals surface area (Å²) in [5, 5.41) is 2.79. The summed E-state index contributed by atoms with van der Waals surface area (Å²) in [6, 6.07) is 3.74. The maximum atomic E-state index is 13.5. The highest BCUT2D eigenvalue weighted by molar-refractivity contribution is 7.89. The number of nitrogens with zero attached hydrogens (tertiary/aromatic N) is 1. The lowest BCUT2D eigenvalue weighted by Crippen LogP contribution is -2.31. The third-order valence-electron chi connectivity index (χ3n) is 2.64. The normalized spacial score (nSPS) is 11.5. The van der Waals surface area contributed by atoms with E-state index in [-0.39, 0.29) is 24.5 Å². The Kier molecular flexibility index (Phi) is 5.48. The first kappa shape index (κ1) is 15.6. The number of hydrogen-bond donors (Lipinski definition) is 1. The maximum Gasteiger partial charge on any atom is 0.243 e. The highest BCUT2D eigenvalue weighted by Crippen LogP contribution is 2.19. The van der Waals surface area contributed by atoms with Crippen LogP contribution in [0.4, 0.5) is 4.39 Å². The van der Waals surface area contributed by atoms with Crippen molar-refractivity contribution in [1.29, 1.82) is 0 Å². The Morgan fingerprint density at radius 3 is 2.68 bits per heavy atom. The van der Waals surface area contributed by atoms with Gasteiger partial charge in [-0.1, -0.05) is 12.8 Å². The average Bonchev–Trinajstić information content (AvgIpc) is 2.38. The van der Waals surface area contributed by atoms with Gasteiger partial charge in [-0.3, -0.25) is 0 Å².